The van der Waals surface area contributed by atoms with Gasteiger partial charge in [-0.2, -0.15) is 0 Å². The molecule has 0 aliphatic carbocycles. The first-order chi connectivity index (χ1) is 15.8. The quantitative estimate of drug-likeness (QED) is 0.242. The number of aryl methyl sites for hydroxylation is 1. The molecule has 190 valence electrons. The topological polar surface area (TPSA) is 76.0 Å². The molecule has 0 aromatic heterocycles. The average molecular weight is 491 g/mol. The molecule has 0 bridgehead atoms. The van der Waals surface area contributed by atoms with Gasteiger partial charge in [-0.05, 0) is 117 Å². The van der Waals surface area contributed by atoms with Gasteiger partial charge in [0, 0.05) is 5.56 Å². The molecule has 1 unspecified atom stereocenters. The zero-order valence-corrected chi connectivity index (χ0v) is 22.9. The van der Waals surface area contributed by atoms with E-state index in [1.165, 1.54) is 16.7 Å². The zero-order valence-electron chi connectivity index (χ0n) is 22.0. The Morgan fingerprint density at radius 3 is 2.24 bits per heavy atom. The summed E-state index contributed by atoms with van der Waals surface area (Å²) in [6, 6.07) is 1.66. The van der Waals surface area contributed by atoms with Gasteiger partial charge in [0.15, 0.2) is 0 Å². The van der Waals surface area contributed by atoms with E-state index in [-0.39, 0.29) is 11.4 Å². The maximum atomic E-state index is 11.3. The Morgan fingerprint density at radius 1 is 1.06 bits per heavy atom. The fraction of sp³-hybridized carbons (Fsp3) is 0.571. The number of hydrogen-bond acceptors (Lipinski definition) is 3. The summed E-state index contributed by atoms with van der Waals surface area (Å²) in [5.41, 5.74) is 6.58. The Labute approximate surface area is 206 Å². The predicted octanol–water partition coefficient (Wildman–Crippen LogP) is 8.06. The van der Waals surface area contributed by atoms with Gasteiger partial charge in [0.2, 0.25) is 0 Å². The monoisotopic (exact) mass is 490 g/mol. The number of phosphoric acid groups is 1. The number of ether oxygens (including phenoxy) is 1. The first kappa shape index (κ1) is 28.4. The van der Waals surface area contributed by atoms with Crippen LogP contribution in [0.15, 0.2) is 41.0 Å². The summed E-state index contributed by atoms with van der Waals surface area (Å²) in [7, 11) is -4.60. The van der Waals surface area contributed by atoms with Crippen molar-refractivity contribution in [1.82, 2.24) is 0 Å². The molecule has 0 radical (unpaired) electrons. The maximum absolute atomic E-state index is 11.3. The van der Waals surface area contributed by atoms with Crippen LogP contribution >= 0.6 is 7.82 Å². The van der Waals surface area contributed by atoms with Gasteiger partial charge >= 0.3 is 7.82 Å². The van der Waals surface area contributed by atoms with Crippen LogP contribution in [0.2, 0.25) is 0 Å². The normalized spacial score (nSPS) is 18.9. The van der Waals surface area contributed by atoms with Crippen LogP contribution < -0.4 is 9.26 Å². The fourth-order valence-electron chi connectivity index (χ4n) is 4.42. The zero-order chi connectivity index (χ0) is 25.5. The first-order valence-corrected chi connectivity index (χ1v) is 13.8. The van der Waals surface area contributed by atoms with Gasteiger partial charge in [0.05, 0.1) is 0 Å². The highest BCUT2D eigenvalue weighted by Crippen LogP contribution is 2.46. The highest BCUT2D eigenvalue weighted by atomic mass is 31.2. The molecular weight excluding hydrogens is 447 g/mol. The third-order valence-electron chi connectivity index (χ3n) is 6.56. The van der Waals surface area contributed by atoms with Gasteiger partial charge in [-0.25, -0.2) is 4.57 Å². The summed E-state index contributed by atoms with van der Waals surface area (Å²) in [5, 5.41) is 0. The third-order valence-corrected chi connectivity index (χ3v) is 6.99. The van der Waals surface area contributed by atoms with E-state index in [4.69, 9.17) is 9.26 Å². The van der Waals surface area contributed by atoms with Crippen molar-refractivity contribution in [2.75, 3.05) is 0 Å². The molecule has 5 nitrogen and oxygen atoms in total. The standard InChI is InChI=1S/C28H43O5P/c1-20(2)11-8-12-21(3)13-9-14-22(4)15-10-17-28(7)18-16-25-24(6)26(33-34(29,30)31)19-23(5)27(25)32-28/h11,13,15,19H,8-10,12,14,16-18H2,1-7H3,(H2,29,30,31)/b21-13+,22-15+. The van der Waals surface area contributed by atoms with Crippen molar-refractivity contribution < 1.29 is 23.6 Å². The second kappa shape index (κ2) is 12.2. The Morgan fingerprint density at radius 2 is 1.65 bits per heavy atom. The van der Waals surface area contributed by atoms with Crippen LogP contribution in [0.5, 0.6) is 11.5 Å². The minimum Gasteiger partial charge on any atom is -0.487 e. The summed E-state index contributed by atoms with van der Waals surface area (Å²) < 4.78 is 22.7. The van der Waals surface area contributed by atoms with Crippen LogP contribution in [0.3, 0.4) is 0 Å². The number of rotatable bonds is 11. The summed E-state index contributed by atoms with van der Waals surface area (Å²) in [6.07, 6.45) is 15.0. The summed E-state index contributed by atoms with van der Waals surface area (Å²) in [6.45, 7) is 14.6. The van der Waals surface area contributed by atoms with E-state index in [1.54, 1.807) is 6.07 Å². The molecule has 1 heterocycles. The van der Waals surface area contributed by atoms with E-state index in [2.05, 4.69) is 52.8 Å². The lowest BCUT2D eigenvalue weighted by atomic mass is 9.86. The van der Waals surface area contributed by atoms with Crippen LogP contribution in [-0.4, -0.2) is 15.4 Å². The molecular formula is C28H43O5P. The maximum Gasteiger partial charge on any atom is 0.524 e. The minimum absolute atomic E-state index is 0.233. The molecule has 2 rings (SSSR count). The first-order valence-electron chi connectivity index (χ1n) is 12.3. The number of fused-ring (bicyclic) bond motifs is 1. The average Bonchev–Trinajstić information content (AvgIpc) is 2.70. The fourth-order valence-corrected chi connectivity index (χ4v) is 4.87. The van der Waals surface area contributed by atoms with E-state index in [0.717, 1.165) is 73.8 Å². The van der Waals surface area contributed by atoms with Gasteiger partial charge in [0.1, 0.15) is 17.1 Å². The van der Waals surface area contributed by atoms with Crippen molar-refractivity contribution >= 4 is 7.82 Å². The summed E-state index contributed by atoms with van der Waals surface area (Å²) in [5.74, 6) is 1.07. The predicted molar refractivity (Wildman–Crippen MR) is 141 cm³/mol. The number of benzene rings is 1. The summed E-state index contributed by atoms with van der Waals surface area (Å²) >= 11 is 0. The lowest BCUT2D eigenvalue weighted by Crippen LogP contribution is -2.36. The van der Waals surface area contributed by atoms with Crippen LogP contribution in [0.4, 0.5) is 0 Å². The molecule has 1 aromatic carbocycles. The molecule has 1 aromatic rings. The number of phosphoric ester groups is 1. The second-order valence-corrected chi connectivity index (χ2v) is 11.4. The Balaban J connectivity index is 1.92. The minimum atomic E-state index is -4.60. The van der Waals surface area contributed by atoms with E-state index in [0.29, 0.717) is 0 Å². The molecule has 34 heavy (non-hydrogen) atoms. The third kappa shape index (κ3) is 9.09. The molecule has 6 heteroatoms. The van der Waals surface area contributed by atoms with E-state index in [1.807, 2.05) is 13.8 Å². The lowest BCUT2D eigenvalue weighted by Gasteiger charge is -2.37. The van der Waals surface area contributed by atoms with Crippen molar-refractivity contribution in [2.45, 2.75) is 105 Å². The van der Waals surface area contributed by atoms with Crippen LogP contribution in [0.25, 0.3) is 0 Å². The van der Waals surface area contributed by atoms with E-state index >= 15 is 0 Å². The van der Waals surface area contributed by atoms with Crippen molar-refractivity contribution in [2.24, 2.45) is 0 Å². The number of hydrogen-bond donors (Lipinski definition) is 2. The van der Waals surface area contributed by atoms with Gasteiger partial charge in [0.25, 0.3) is 0 Å². The van der Waals surface area contributed by atoms with Crippen molar-refractivity contribution in [3.8, 4) is 11.5 Å². The molecule has 1 aliphatic heterocycles. The smallest absolute Gasteiger partial charge is 0.487 e. The molecule has 0 spiro atoms. The SMILES string of the molecule is CC(C)=CCC/C(C)=C/CC/C(C)=C/CCC1(C)CCc2c(C)c(OP(=O)(O)O)cc(C)c2O1. The molecule has 0 amide bonds. The highest BCUT2D eigenvalue weighted by molar-refractivity contribution is 7.46. The number of allylic oxidation sites excluding steroid dienone is 6. The van der Waals surface area contributed by atoms with E-state index in [9.17, 15) is 14.4 Å². The van der Waals surface area contributed by atoms with Crippen molar-refractivity contribution in [1.29, 1.82) is 0 Å². The van der Waals surface area contributed by atoms with Gasteiger partial charge in [-0.3, -0.25) is 9.79 Å². The van der Waals surface area contributed by atoms with Crippen LogP contribution in [0, 0.1) is 13.8 Å². The highest BCUT2D eigenvalue weighted by Gasteiger charge is 2.34. The molecule has 1 aliphatic rings. The Hall–Kier alpha value is -1.81. The molecule has 0 fully saturated rings. The van der Waals surface area contributed by atoms with Gasteiger partial charge < -0.3 is 9.26 Å². The van der Waals surface area contributed by atoms with Crippen LogP contribution in [-0.2, 0) is 11.0 Å². The van der Waals surface area contributed by atoms with E-state index < -0.39 is 7.82 Å². The molecule has 0 saturated carbocycles. The van der Waals surface area contributed by atoms with Crippen LogP contribution in [0.1, 0.15) is 96.3 Å². The summed E-state index contributed by atoms with van der Waals surface area (Å²) in [4.78, 5) is 18.4. The van der Waals surface area contributed by atoms with Crippen molar-refractivity contribution in [3.63, 3.8) is 0 Å². The Kier molecular flexibility index (Phi) is 10.2. The molecule has 0 saturated heterocycles. The van der Waals surface area contributed by atoms with Crippen molar-refractivity contribution in [3.05, 3.63) is 57.7 Å². The Bertz CT molecular complexity index is 995. The molecule has 2 N–H and O–H groups in total. The van der Waals surface area contributed by atoms with Gasteiger partial charge in [-0.1, -0.05) is 34.9 Å². The second-order valence-electron chi connectivity index (χ2n) is 10.3. The molecule has 1 atom stereocenters. The largest absolute Gasteiger partial charge is 0.524 e. The van der Waals surface area contributed by atoms with Gasteiger partial charge in [-0.15, -0.1) is 0 Å². The lowest BCUT2D eigenvalue weighted by molar-refractivity contribution is 0.0559.